The molecule has 1 saturated carbocycles. The summed E-state index contributed by atoms with van der Waals surface area (Å²) in [6.45, 7) is 2.30. The number of rotatable bonds is 5. The van der Waals surface area contributed by atoms with Crippen LogP contribution in [-0.2, 0) is 6.42 Å². The van der Waals surface area contributed by atoms with Crippen molar-refractivity contribution in [2.24, 2.45) is 11.8 Å². The molecule has 1 aliphatic carbocycles. The molecule has 0 heterocycles. The molecule has 0 radical (unpaired) electrons. The monoisotopic (exact) mass is 382 g/mol. The molecule has 0 aliphatic heterocycles. The average molecular weight is 383 g/mol. The summed E-state index contributed by atoms with van der Waals surface area (Å²) in [4.78, 5) is 0. The van der Waals surface area contributed by atoms with E-state index in [-0.39, 0.29) is 5.02 Å². The van der Waals surface area contributed by atoms with Crippen molar-refractivity contribution in [1.29, 1.82) is 0 Å². The molecule has 27 heavy (non-hydrogen) atoms. The number of hydrogen-bond acceptors (Lipinski definition) is 0. The minimum absolute atomic E-state index is 0.128. The fraction of sp³-hybridized carbons (Fsp3) is 0.440. The highest BCUT2D eigenvalue weighted by molar-refractivity contribution is 6.30. The van der Waals surface area contributed by atoms with Crippen LogP contribution >= 0.6 is 11.6 Å². The van der Waals surface area contributed by atoms with Crippen molar-refractivity contribution >= 4 is 11.6 Å². The Kier molecular flexibility index (Phi) is 7.36. The third-order valence-corrected chi connectivity index (χ3v) is 6.04. The van der Waals surface area contributed by atoms with Crippen LogP contribution in [-0.4, -0.2) is 0 Å². The zero-order chi connectivity index (χ0) is 19.1. The van der Waals surface area contributed by atoms with Crippen molar-refractivity contribution in [2.75, 3.05) is 0 Å². The molecule has 0 saturated heterocycles. The Balaban J connectivity index is 1.49. The second-order valence-electron chi connectivity index (χ2n) is 7.79. The van der Waals surface area contributed by atoms with Crippen molar-refractivity contribution in [1.82, 2.24) is 0 Å². The maximum Gasteiger partial charge on any atom is 0.143 e. The van der Waals surface area contributed by atoms with Gasteiger partial charge < -0.3 is 0 Å². The van der Waals surface area contributed by atoms with E-state index in [4.69, 9.17) is 11.6 Å². The second-order valence-corrected chi connectivity index (χ2v) is 8.20. The van der Waals surface area contributed by atoms with E-state index in [9.17, 15) is 4.39 Å². The van der Waals surface area contributed by atoms with Crippen LogP contribution in [0.1, 0.15) is 68.6 Å². The number of aryl methyl sites for hydroxylation is 1. The normalized spacial score (nSPS) is 19.4. The van der Waals surface area contributed by atoms with Gasteiger partial charge in [-0.05, 0) is 60.6 Å². The van der Waals surface area contributed by atoms with Crippen LogP contribution in [0.4, 0.5) is 4.39 Å². The van der Waals surface area contributed by atoms with Gasteiger partial charge >= 0.3 is 0 Å². The molecule has 142 valence electrons. The van der Waals surface area contributed by atoms with Crippen LogP contribution in [0, 0.1) is 29.5 Å². The Morgan fingerprint density at radius 2 is 1.48 bits per heavy atom. The van der Waals surface area contributed by atoms with Crippen molar-refractivity contribution < 1.29 is 4.39 Å². The number of hydrogen-bond donors (Lipinski definition) is 0. The van der Waals surface area contributed by atoms with Gasteiger partial charge in [0.2, 0.25) is 0 Å². The Morgan fingerprint density at radius 3 is 2.11 bits per heavy atom. The minimum Gasteiger partial charge on any atom is -0.205 e. The Hall–Kier alpha value is -1.78. The lowest BCUT2D eigenvalue weighted by molar-refractivity contribution is 0.252. The molecule has 2 aromatic rings. The van der Waals surface area contributed by atoms with Crippen LogP contribution in [0.25, 0.3) is 0 Å². The van der Waals surface area contributed by atoms with Gasteiger partial charge in [-0.3, -0.25) is 0 Å². The van der Waals surface area contributed by atoms with E-state index >= 15 is 0 Å². The largest absolute Gasteiger partial charge is 0.205 e. The van der Waals surface area contributed by atoms with Crippen LogP contribution in [0.3, 0.4) is 0 Å². The SMILES string of the molecule is CCC[C@H]1CC[C@H](CCc2ccc(C#Cc3ccc(Cl)c(F)c3)cc2)CC1. The third-order valence-electron chi connectivity index (χ3n) is 5.73. The van der Waals surface area contributed by atoms with Crippen molar-refractivity contribution in [3.8, 4) is 11.8 Å². The zero-order valence-corrected chi connectivity index (χ0v) is 16.9. The first-order valence-corrected chi connectivity index (χ1v) is 10.6. The summed E-state index contributed by atoms with van der Waals surface area (Å²) < 4.78 is 13.5. The Morgan fingerprint density at radius 1 is 0.889 bits per heavy atom. The van der Waals surface area contributed by atoms with Crippen LogP contribution in [0.15, 0.2) is 42.5 Å². The van der Waals surface area contributed by atoms with Gasteiger partial charge in [0.15, 0.2) is 0 Å². The molecular formula is C25H28ClF. The standard InChI is InChI=1S/C25H28ClF/c1-2-3-19-4-6-20(7-5-19)8-9-21-10-12-22(13-11-21)14-15-23-16-17-24(26)25(27)18-23/h10-13,16-20H,2-9H2,1H3/t19-,20-. The topological polar surface area (TPSA) is 0 Å². The van der Waals surface area contributed by atoms with Crippen LogP contribution in [0.5, 0.6) is 0 Å². The van der Waals surface area contributed by atoms with Gasteiger partial charge in [0, 0.05) is 11.1 Å². The fourth-order valence-corrected chi connectivity index (χ4v) is 4.18. The molecular weight excluding hydrogens is 355 g/mol. The third kappa shape index (κ3) is 6.12. The summed E-state index contributed by atoms with van der Waals surface area (Å²) in [6.07, 6.45) is 10.9. The summed E-state index contributed by atoms with van der Waals surface area (Å²) in [7, 11) is 0. The van der Waals surface area contributed by atoms with Gasteiger partial charge in [-0.15, -0.1) is 0 Å². The Labute approximate surface area is 168 Å². The highest BCUT2D eigenvalue weighted by Gasteiger charge is 2.20. The van der Waals surface area contributed by atoms with E-state index in [1.807, 2.05) is 0 Å². The number of benzene rings is 2. The summed E-state index contributed by atoms with van der Waals surface area (Å²) in [5.41, 5.74) is 2.97. The first-order valence-electron chi connectivity index (χ1n) is 10.2. The van der Waals surface area contributed by atoms with Crippen molar-refractivity contribution in [3.63, 3.8) is 0 Å². The van der Waals surface area contributed by atoms with Gasteiger partial charge in [0.05, 0.1) is 5.02 Å². The summed E-state index contributed by atoms with van der Waals surface area (Å²) >= 11 is 5.70. The molecule has 2 heteroatoms. The summed E-state index contributed by atoms with van der Waals surface area (Å²) in [5.74, 6) is 7.55. The van der Waals surface area contributed by atoms with Crippen molar-refractivity contribution in [2.45, 2.75) is 58.3 Å². The maximum atomic E-state index is 13.5. The zero-order valence-electron chi connectivity index (χ0n) is 16.1. The molecule has 1 aliphatic rings. The lowest BCUT2D eigenvalue weighted by Crippen LogP contribution is -2.15. The molecule has 0 bridgehead atoms. The predicted molar refractivity (Wildman–Crippen MR) is 113 cm³/mol. The lowest BCUT2D eigenvalue weighted by Gasteiger charge is -2.28. The van der Waals surface area contributed by atoms with E-state index < -0.39 is 5.82 Å². The van der Waals surface area contributed by atoms with E-state index in [0.29, 0.717) is 5.56 Å². The molecule has 0 aromatic heterocycles. The van der Waals surface area contributed by atoms with Gasteiger partial charge in [-0.2, -0.15) is 0 Å². The van der Waals surface area contributed by atoms with E-state index in [1.54, 1.807) is 12.1 Å². The van der Waals surface area contributed by atoms with Crippen LogP contribution < -0.4 is 0 Å². The highest BCUT2D eigenvalue weighted by atomic mass is 35.5. The van der Waals surface area contributed by atoms with Crippen molar-refractivity contribution in [3.05, 3.63) is 70.0 Å². The molecule has 0 amide bonds. The predicted octanol–water partition coefficient (Wildman–Crippen LogP) is 7.42. The quantitative estimate of drug-likeness (QED) is 0.472. The fourth-order valence-electron chi connectivity index (χ4n) is 4.06. The Bertz CT molecular complexity index is 789. The lowest BCUT2D eigenvalue weighted by atomic mass is 9.78. The number of halogens is 2. The first-order chi connectivity index (χ1) is 13.1. The molecule has 0 atom stereocenters. The van der Waals surface area contributed by atoms with Gasteiger partial charge in [-0.25, -0.2) is 4.39 Å². The molecule has 0 nitrogen and oxygen atoms in total. The molecule has 0 unspecified atom stereocenters. The molecule has 3 rings (SSSR count). The van der Waals surface area contributed by atoms with Gasteiger partial charge in [-0.1, -0.05) is 81.0 Å². The average Bonchev–Trinajstić information content (AvgIpc) is 2.69. The van der Waals surface area contributed by atoms with Gasteiger partial charge in [0.25, 0.3) is 0 Å². The van der Waals surface area contributed by atoms with E-state index in [1.165, 1.54) is 56.6 Å². The summed E-state index contributed by atoms with van der Waals surface area (Å²) in [5, 5.41) is 0.128. The van der Waals surface area contributed by atoms with Gasteiger partial charge in [0.1, 0.15) is 5.82 Å². The van der Waals surface area contributed by atoms with Crippen LogP contribution in [0.2, 0.25) is 5.02 Å². The molecule has 0 N–H and O–H groups in total. The highest BCUT2D eigenvalue weighted by Crippen LogP contribution is 2.33. The summed E-state index contributed by atoms with van der Waals surface area (Å²) in [6, 6.07) is 13.1. The molecule has 1 fully saturated rings. The first kappa shape index (κ1) is 20.0. The minimum atomic E-state index is -0.428. The van der Waals surface area contributed by atoms with E-state index in [2.05, 4.69) is 43.0 Å². The maximum absolute atomic E-state index is 13.5. The molecule has 2 aromatic carbocycles. The molecule has 0 spiro atoms. The second kappa shape index (κ2) is 9.95. The smallest absolute Gasteiger partial charge is 0.143 e. The van der Waals surface area contributed by atoms with E-state index in [0.717, 1.165) is 23.8 Å².